The van der Waals surface area contributed by atoms with Gasteiger partial charge in [0.05, 0.1) is 10.6 Å². The van der Waals surface area contributed by atoms with Crippen molar-refractivity contribution >= 4 is 23.3 Å². The van der Waals surface area contributed by atoms with Crippen molar-refractivity contribution in [2.24, 2.45) is 5.92 Å². The van der Waals surface area contributed by atoms with Crippen LogP contribution in [0.25, 0.3) is 0 Å². The number of carbonyl (C=O) groups is 1. The third-order valence-electron chi connectivity index (χ3n) is 3.97. The SMILES string of the molecule is O=C(C1CC1)N1CCN(c2ncc(C(F)(F)F)cc2Cl)CC1. The summed E-state index contributed by atoms with van der Waals surface area (Å²) in [5.74, 6) is 0.707. The molecule has 1 aromatic rings. The summed E-state index contributed by atoms with van der Waals surface area (Å²) < 4.78 is 37.8. The van der Waals surface area contributed by atoms with E-state index in [1.54, 1.807) is 0 Å². The van der Waals surface area contributed by atoms with Gasteiger partial charge in [-0.3, -0.25) is 4.79 Å². The molecule has 4 nitrogen and oxygen atoms in total. The molecule has 1 saturated heterocycles. The van der Waals surface area contributed by atoms with Gasteiger partial charge in [0.25, 0.3) is 0 Å². The predicted octanol–water partition coefficient (Wildman–Crippen LogP) is 2.81. The molecule has 1 amide bonds. The molecule has 1 aliphatic heterocycles. The van der Waals surface area contributed by atoms with Crippen LogP contribution in [0.15, 0.2) is 12.3 Å². The maximum absolute atomic E-state index is 12.6. The normalized spacial score (nSPS) is 19.5. The highest BCUT2D eigenvalue weighted by Crippen LogP contribution is 2.34. The second kappa shape index (κ2) is 5.61. The summed E-state index contributed by atoms with van der Waals surface area (Å²) in [6.07, 6.45) is -1.73. The van der Waals surface area contributed by atoms with Crippen LogP contribution in [0.5, 0.6) is 0 Å². The fourth-order valence-corrected chi connectivity index (χ4v) is 2.83. The molecule has 1 saturated carbocycles. The Bertz CT molecular complexity index is 581. The minimum Gasteiger partial charge on any atom is -0.352 e. The average molecular weight is 334 g/mol. The second-order valence-corrected chi connectivity index (χ2v) is 6.02. The maximum Gasteiger partial charge on any atom is 0.417 e. The minimum atomic E-state index is -4.45. The Labute approximate surface area is 130 Å². The van der Waals surface area contributed by atoms with Crippen molar-refractivity contribution in [3.8, 4) is 0 Å². The van der Waals surface area contributed by atoms with Crippen molar-refractivity contribution in [1.29, 1.82) is 0 Å². The van der Waals surface area contributed by atoms with Crippen molar-refractivity contribution in [2.75, 3.05) is 31.1 Å². The van der Waals surface area contributed by atoms with E-state index in [4.69, 9.17) is 11.6 Å². The Hall–Kier alpha value is -1.50. The van der Waals surface area contributed by atoms with Crippen molar-refractivity contribution < 1.29 is 18.0 Å². The van der Waals surface area contributed by atoms with Crippen molar-refractivity contribution in [3.05, 3.63) is 22.8 Å². The van der Waals surface area contributed by atoms with Gasteiger partial charge in [0.2, 0.25) is 5.91 Å². The Kier molecular flexibility index (Phi) is 3.92. The highest BCUT2D eigenvalue weighted by molar-refractivity contribution is 6.33. The molecular weight excluding hydrogens is 319 g/mol. The summed E-state index contributed by atoms with van der Waals surface area (Å²) in [5, 5.41) is -0.0169. The summed E-state index contributed by atoms with van der Waals surface area (Å²) in [7, 11) is 0. The molecule has 0 spiro atoms. The summed E-state index contributed by atoms with van der Waals surface area (Å²) in [6.45, 7) is 2.15. The monoisotopic (exact) mass is 333 g/mol. The Morgan fingerprint density at radius 1 is 1.23 bits per heavy atom. The minimum absolute atomic E-state index is 0.0169. The number of anilines is 1. The van der Waals surface area contributed by atoms with E-state index < -0.39 is 11.7 Å². The lowest BCUT2D eigenvalue weighted by atomic mass is 10.2. The number of hydrogen-bond donors (Lipinski definition) is 0. The summed E-state index contributed by atoms with van der Waals surface area (Å²) in [4.78, 5) is 19.5. The van der Waals surface area contributed by atoms with Gasteiger partial charge in [-0.15, -0.1) is 0 Å². The van der Waals surface area contributed by atoms with Crippen LogP contribution in [-0.4, -0.2) is 42.0 Å². The van der Waals surface area contributed by atoms with Gasteiger partial charge in [-0.1, -0.05) is 11.6 Å². The van der Waals surface area contributed by atoms with Gasteiger partial charge < -0.3 is 9.80 Å². The van der Waals surface area contributed by atoms with E-state index in [1.165, 1.54) is 0 Å². The van der Waals surface area contributed by atoms with Crippen molar-refractivity contribution in [1.82, 2.24) is 9.88 Å². The van der Waals surface area contributed by atoms with Crippen LogP contribution in [0.3, 0.4) is 0 Å². The fraction of sp³-hybridized carbons (Fsp3) is 0.571. The third kappa shape index (κ3) is 3.14. The lowest BCUT2D eigenvalue weighted by molar-refractivity contribution is -0.138. The van der Waals surface area contributed by atoms with E-state index in [1.807, 2.05) is 9.80 Å². The number of rotatable bonds is 2. The molecular formula is C14H15ClF3N3O. The number of carbonyl (C=O) groups excluding carboxylic acids is 1. The molecule has 2 heterocycles. The number of amides is 1. The molecule has 1 aliphatic carbocycles. The first-order valence-electron chi connectivity index (χ1n) is 7.13. The first kappa shape index (κ1) is 15.4. The highest BCUT2D eigenvalue weighted by atomic mass is 35.5. The number of aromatic nitrogens is 1. The number of piperazine rings is 1. The molecule has 2 aliphatic rings. The molecule has 22 heavy (non-hydrogen) atoms. The second-order valence-electron chi connectivity index (χ2n) is 5.61. The third-order valence-corrected chi connectivity index (χ3v) is 4.24. The average Bonchev–Trinajstić information content (AvgIpc) is 3.30. The number of hydrogen-bond acceptors (Lipinski definition) is 3. The zero-order chi connectivity index (χ0) is 15.9. The van der Waals surface area contributed by atoms with Gasteiger partial charge in [0, 0.05) is 38.3 Å². The number of halogens is 4. The molecule has 0 N–H and O–H groups in total. The zero-order valence-corrected chi connectivity index (χ0v) is 12.5. The largest absolute Gasteiger partial charge is 0.417 e. The standard InChI is InChI=1S/C14H15ClF3N3O/c15-11-7-10(14(16,17)18)8-19-12(11)20-3-5-21(6-4-20)13(22)9-1-2-9/h7-9H,1-6H2. The van der Waals surface area contributed by atoms with Gasteiger partial charge in [-0.2, -0.15) is 13.2 Å². The van der Waals surface area contributed by atoms with E-state index in [0.717, 1.165) is 25.1 Å². The van der Waals surface area contributed by atoms with Crippen LogP contribution in [0.4, 0.5) is 19.0 Å². The van der Waals surface area contributed by atoms with Crippen LogP contribution in [0.1, 0.15) is 18.4 Å². The first-order chi connectivity index (χ1) is 10.4. The Balaban J connectivity index is 1.67. The zero-order valence-electron chi connectivity index (χ0n) is 11.7. The van der Waals surface area contributed by atoms with Crippen molar-refractivity contribution in [2.45, 2.75) is 19.0 Å². The van der Waals surface area contributed by atoms with E-state index in [-0.39, 0.29) is 16.8 Å². The quantitative estimate of drug-likeness (QED) is 0.835. The van der Waals surface area contributed by atoms with Gasteiger partial charge in [-0.25, -0.2) is 4.98 Å². The van der Waals surface area contributed by atoms with Gasteiger partial charge in [0.15, 0.2) is 0 Å². The van der Waals surface area contributed by atoms with Crippen LogP contribution >= 0.6 is 11.6 Å². The van der Waals surface area contributed by atoms with Gasteiger partial charge in [0.1, 0.15) is 5.82 Å². The van der Waals surface area contributed by atoms with E-state index in [9.17, 15) is 18.0 Å². The lowest BCUT2D eigenvalue weighted by Gasteiger charge is -2.36. The Morgan fingerprint density at radius 2 is 1.86 bits per heavy atom. The first-order valence-corrected chi connectivity index (χ1v) is 7.50. The predicted molar refractivity (Wildman–Crippen MR) is 75.8 cm³/mol. The van der Waals surface area contributed by atoms with E-state index >= 15 is 0 Å². The van der Waals surface area contributed by atoms with E-state index in [2.05, 4.69) is 4.98 Å². The lowest BCUT2D eigenvalue weighted by Crippen LogP contribution is -2.49. The Morgan fingerprint density at radius 3 is 2.36 bits per heavy atom. The molecule has 8 heteroatoms. The summed E-state index contributed by atoms with van der Waals surface area (Å²) in [5.41, 5.74) is -0.858. The van der Waals surface area contributed by atoms with Crippen LogP contribution < -0.4 is 4.90 Å². The molecule has 0 atom stereocenters. The van der Waals surface area contributed by atoms with Gasteiger partial charge >= 0.3 is 6.18 Å². The molecule has 0 aromatic carbocycles. The fourth-order valence-electron chi connectivity index (χ4n) is 2.55. The molecule has 0 unspecified atom stereocenters. The van der Waals surface area contributed by atoms with Gasteiger partial charge in [-0.05, 0) is 18.9 Å². The highest BCUT2D eigenvalue weighted by Gasteiger charge is 2.35. The summed E-state index contributed by atoms with van der Waals surface area (Å²) >= 11 is 5.94. The number of nitrogens with zero attached hydrogens (tertiary/aromatic N) is 3. The maximum atomic E-state index is 12.6. The number of alkyl halides is 3. The van der Waals surface area contributed by atoms with Crippen LogP contribution in [0.2, 0.25) is 5.02 Å². The molecule has 120 valence electrons. The molecule has 0 bridgehead atoms. The molecule has 3 rings (SSSR count). The van der Waals surface area contributed by atoms with Crippen molar-refractivity contribution in [3.63, 3.8) is 0 Å². The van der Waals surface area contributed by atoms with Crippen LogP contribution in [0, 0.1) is 5.92 Å². The molecule has 0 radical (unpaired) electrons. The molecule has 2 fully saturated rings. The van der Waals surface area contributed by atoms with Crippen LogP contribution in [-0.2, 0) is 11.0 Å². The van der Waals surface area contributed by atoms with E-state index in [0.29, 0.717) is 32.0 Å². The topological polar surface area (TPSA) is 36.4 Å². The smallest absolute Gasteiger partial charge is 0.352 e. The summed E-state index contributed by atoms with van der Waals surface area (Å²) in [6, 6.07) is 0.894. The molecule has 1 aromatic heterocycles. The number of pyridine rings is 1.